The summed E-state index contributed by atoms with van der Waals surface area (Å²) in [4.78, 5) is 0. The second-order valence-electron chi connectivity index (χ2n) is 4.58. The Morgan fingerprint density at radius 1 is 1.27 bits per heavy atom. The SMILES string of the molecule is Cc1ccccc1-n1cc(C#N)c(/C=C/C=N\N=C(N)N)c1. The van der Waals surface area contributed by atoms with Crippen LogP contribution >= 0.6 is 0 Å². The van der Waals surface area contributed by atoms with Gasteiger partial charge in [-0.3, -0.25) is 0 Å². The average molecular weight is 292 g/mol. The number of guanidine groups is 1. The van der Waals surface area contributed by atoms with E-state index in [1.54, 1.807) is 18.3 Å². The minimum Gasteiger partial charge on any atom is -0.369 e. The number of nitrogens with zero attached hydrogens (tertiary/aromatic N) is 4. The first-order valence-electron chi connectivity index (χ1n) is 6.58. The number of aromatic nitrogens is 1. The van der Waals surface area contributed by atoms with E-state index in [4.69, 9.17) is 11.5 Å². The zero-order valence-corrected chi connectivity index (χ0v) is 12.1. The van der Waals surface area contributed by atoms with Crippen LogP contribution in [0.15, 0.2) is 52.9 Å². The van der Waals surface area contributed by atoms with Crippen molar-refractivity contribution >= 4 is 18.3 Å². The summed E-state index contributed by atoms with van der Waals surface area (Å²) in [6, 6.07) is 10.2. The molecular formula is C16H16N6. The Labute approximate surface area is 128 Å². The summed E-state index contributed by atoms with van der Waals surface area (Å²) in [5.74, 6) is -0.104. The lowest BCUT2D eigenvalue weighted by Crippen LogP contribution is -2.21. The highest BCUT2D eigenvalue weighted by molar-refractivity contribution is 5.81. The van der Waals surface area contributed by atoms with Crippen LogP contribution in [0.25, 0.3) is 11.8 Å². The maximum Gasteiger partial charge on any atom is 0.211 e. The molecule has 0 aliphatic rings. The van der Waals surface area contributed by atoms with E-state index in [-0.39, 0.29) is 5.96 Å². The van der Waals surface area contributed by atoms with Crippen molar-refractivity contribution < 1.29 is 0 Å². The maximum absolute atomic E-state index is 9.24. The van der Waals surface area contributed by atoms with E-state index in [0.717, 1.165) is 16.8 Å². The lowest BCUT2D eigenvalue weighted by Gasteiger charge is -2.05. The summed E-state index contributed by atoms with van der Waals surface area (Å²) in [5, 5.41) is 16.4. The first kappa shape index (κ1) is 15.1. The molecule has 110 valence electrons. The smallest absolute Gasteiger partial charge is 0.211 e. The zero-order chi connectivity index (χ0) is 15.9. The second-order valence-corrected chi connectivity index (χ2v) is 4.58. The first-order valence-corrected chi connectivity index (χ1v) is 6.58. The normalized spacial score (nSPS) is 10.9. The molecule has 2 rings (SSSR count). The van der Waals surface area contributed by atoms with E-state index in [0.29, 0.717) is 5.56 Å². The van der Waals surface area contributed by atoms with Gasteiger partial charge in [-0.2, -0.15) is 10.4 Å². The van der Waals surface area contributed by atoms with Crippen LogP contribution < -0.4 is 11.5 Å². The van der Waals surface area contributed by atoms with E-state index in [1.165, 1.54) is 6.21 Å². The minimum atomic E-state index is -0.104. The number of nitriles is 1. The van der Waals surface area contributed by atoms with Crippen molar-refractivity contribution in [3.63, 3.8) is 0 Å². The summed E-state index contributed by atoms with van der Waals surface area (Å²) in [6.45, 7) is 2.03. The van der Waals surface area contributed by atoms with Gasteiger partial charge in [0.1, 0.15) is 6.07 Å². The maximum atomic E-state index is 9.24. The third-order valence-electron chi connectivity index (χ3n) is 2.97. The van der Waals surface area contributed by atoms with Crippen LogP contribution in [0.1, 0.15) is 16.7 Å². The molecule has 0 aliphatic heterocycles. The van der Waals surface area contributed by atoms with Crippen molar-refractivity contribution in [2.45, 2.75) is 6.92 Å². The molecule has 1 heterocycles. The van der Waals surface area contributed by atoms with E-state index < -0.39 is 0 Å². The van der Waals surface area contributed by atoms with Crippen molar-refractivity contribution in [3.05, 3.63) is 59.4 Å². The van der Waals surface area contributed by atoms with Gasteiger partial charge in [-0.05, 0) is 24.6 Å². The molecule has 0 unspecified atom stereocenters. The number of allylic oxidation sites excluding steroid dienone is 1. The van der Waals surface area contributed by atoms with Gasteiger partial charge in [-0.25, -0.2) is 0 Å². The Hall–Kier alpha value is -3.33. The molecule has 4 N–H and O–H groups in total. The fraction of sp³-hybridized carbons (Fsp3) is 0.0625. The number of rotatable bonds is 4. The van der Waals surface area contributed by atoms with Crippen LogP contribution in [0.3, 0.4) is 0 Å². The molecule has 0 aliphatic carbocycles. The van der Waals surface area contributed by atoms with Crippen molar-refractivity contribution in [1.29, 1.82) is 5.26 Å². The van der Waals surface area contributed by atoms with Gasteiger partial charge in [-0.15, -0.1) is 5.10 Å². The largest absolute Gasteiger partial charge is 0.369 e. The molecule has 0 atom stereocenters. The summed E-state index contributed by atoms with van der Waals surface area (Å²) < 4.78 is 1.93. The second kappa shape index (κ2) is 6.90. The van der Waals surface area contributed by atoms with Gasteiger partial charge in [0.15, 0.2) is 0 Å². The van der Waals surface area contributed by atoms with Crippen LogP contribution in [0.5, 0.6) is 0 Å². The lowest BCUT2D eigenvalue weighted by atomic mass is 10.2. The Kier molecular flexibility index (Phi) is 4.73. The predicted octanol–water partition coefficient (Wildman–Crippen LogP) is 1.93. The summed E-state index contributed by atoms with van der Waals surface area (Å²) in [5.41, 5.74) is 13.9. The summed E-state index contributed by atoms with van der Waals surface area (Å²) in [6.07, 6.45) is 8.59. The summed E-state index contributed by atoms with van der Waals surface area (Å²) >= 11 is 0. The van der Waals surface area contributed by atoms with Crippen LogP contribution in [0.4, 0.5) is 0 Å². The first-order chi connectivity index (χ1) is 10.6. The topological polar surface area (TPSA) is 105 Å². The van der Waals surface area contributed by atoms with Crippen molar-refractivity contribution in [3.8, 4) is 11.8 Å². The Morgan fingerprint density at radius 2 is 2.05 bits per heavy atom. The predicted molar refractivity (Wildman–Crippen MR) is 88.6 cm³/mol. The molecule has 6 nitrogen and oxygen atoms in total. The molecule has 1 aromatic carbocycles. The molecule has 0 bridgehead atoms. The Balaban J connectivity index is 2.29. The van der Waals surface area contributed by atoms with Gasteiger partial charge >= 0.3 is 0 Å². The lowest BCUT2D eigenvalue weighted by molar-refractivity contribution is 1.06. The molecule has 0 saturated carbocycles. The van der Waals surface area contributed by atoms with Gasteiger partial charge in [0, 0.05) is 29.9 Å². The van der Waals surface area contributed by atoms with Crippen LogP contribution in [-0.4, -0.2) is 16.7 Å². The number of nitrogens with two attached hydrogens (primary N) is 2. The standard InChI is InChI=1S/C16H16N6/c1-12-5-2-3-7-15(12)22-10-13(14(9-17)11-22)6-4-8-20-21-16(18)19/h2-8,10-11H,1H3,(H4,18,19,21)/b6-4+,20-8-. The Bertz CT molecular complexity index is 785. The molecule has 6 heteroatoms. The van der Waals surface area contributed by atoms with Crippen LogP contribution in [-0.2, 0) is 0 Å². The molecule has 0 radical (unpaired) electrons. The molecule has 0 spiro atoms. The van der Waals surface area contributed by atoms with Crippen LogP contribution in [0.2, 0.25) is 0 Å². The minimum absolute atomic E-state index is 0.104. The summed E-state index contributed by atoms with van der Waals surface area (Å²) in [7, 11) is 0. The highest BCUT2D eigenvalue weighted by Gasteiger charge is 2.06. The van der Waals surface area contributed by atoms with E-state index in [1.807, 2.05) is 42.0 Å². The van der Waals surface area contributed by atoms with E-state index in [9.17, 15) is 5.26 Å². The molecule has 0 amide bonds. The van der Waals surface area contributed by atoms with Gasteiger partial charge < -0.3 is 16.0 Å². The van der Waals surface area contributed by atoms with Crippen molar-refractivity contribution in [2.75, 3.05) is 0 Å². The average Bonchev–Trinajstić information content (AvgIpc) is 2.90. The molecule has 2 aromatic rings. The van der Waals surface area contributed by atoms with Gasteiger partial charge in [-0.1, -0.05) is 24.3 Å². The number of aryl methyl sites for hydroxylation is 1. The number of hydrogen-bond acceptors (Lipinski definition) is 3. The van der Waals surface area contributed by atoms with Gasteiger partial charge in [0.2, 0.25) is 5.96 Å². The van der Waals surface area contributed by atoms with Crippen LogP contribution in [0, 0.1) is 18.3 Å². The van der Waals surface area contributed by atoms with E-state index >= 15 is 0 Å². The molecular weight excluding hydrogens is 276 g/mol. The van der Waals surface area contributed by atoms with Crippen molar-refractivity contribution in [2.24, 2.45) is 21.7 Å². The third-order valence-corrected chi connectivity index (χ3v) is 2.97. The zero-order valence-electron chi connectivity index (χ0n) is 12.1. The number of para-hydroxylation sites is 1. The molecule has 1 aromatic heterocycles. The number of benzene rings is 1. The Morgan fingerprint density at radius 3 is 2.73 bits per heavy atom. The third kappa shape index (κ3) is 3.61. The molecule has 22 heavy (non-hydrogen) atoms. The molecule has 0 fully saturated rings. The van der Waals surface area contributed by atoms with E-state index in [2.05, 4.69) is 16.3 Å². The monoisotopic (exact) mass is 292 g/mol. The fourth-order valence-corrected chi connectivity index (χ4v) is 1.97. The quantitative estimate of drug-likeness (QED) is 0.511. The van der Waals surface area contributed by atoms with Gasteiger partial charge in [0.05, 0.1) is 5.56 Å². The van der Waals surface area contributed by atoms with Gasteiger partial charge in [0.25, 0.3) is 0 Å². The number of hydrogen-bond donors (Lipinski definition) is 2. The highest BCUT2D eigenvalue weighted by atomic mass is 15.3. The molecule has 0 saturated heterocycles. The fourth-order valence-electron chi connectivity index (χ4n) is 1.97. The highest BCUT2D eigenvalue weighted by Crippen LogP contribution is 2.19. The van der Waals surface area contributed by atoms with Crippen molar-refractivity contribution in [1.82, 2.24) is 4.57 Å².